The van der Waals surface area contributed by atoms with Crippen LogP contribution in [0.3, 0.4) is 0 Å². The van der Waals surface area contributed by atoms with Crippen molar-refractivity contribution in [2.24, 2.45) is 4.99 Å². The fraction of sp³-hybridized carbons (Fsp3) is 0.207. The lowest BCUT2D eigenvalue weighted by molar-refractivity contribution is -0.139. The fourth-order valence-electron chi connectivity index (χ4n) is 4.39. The van der Waals surface area contributed by atoms with Gasteiger partial charge >= 0.3 is 5.97 Å². The van der Waals surface area contributed by atoms with Crippen LogP contribution in [0.4, 0.5) is 5.69 Å². The quantitative estimate of drug-likeness (QED) is 0.325. The minimum absolute atomic E-state index is 0.223. The van der Waals surface area contributed by atoms with Crippen LogP contribution in [0.1, 0.15) is 31.2 Å². The first-order chi connectivity index (χ1) is 18.3. The number of thiazole rings is 1. The number of benzene rings is 2. The normalized spacial score (nSPS) is 15.3. The van der Waals surface area contributed by atoms with Gasteiger partial charge in [-0.3, -0.25) is 9.36 Å². The molecule has 9 heteroatoms. The number of fused-ring (bicyclic) bond motifs is 1. The summed E-state index contributed by atoms with van der Waals surface area (Å²) in [5.41, 5.74) is 3.31. The Kier molecular flexibility index (Phi) is 7.10. The molecule has 0 saturated carbocycles. The molecule has 0 fully saturated rings. The largest absolute Gasteiger partial charge is 0.463 e. The molecule has 194 valence electrons. The number of hydrogen-bond donors (Lipinski definition) is 0. The van der Waals surface area contributed by atoms with Crippen molar-refractivity contribution in [1.29, 1.82) is 0 Å². The highest BCUT2D eigenvalue weighted by Crippen LogP contribution is 2.31. The van der Waals surface area contributed by atoms with E-state index in [2.05, 4.69) is 4.99 Å². The van der Waals surface area contributed by atoms with Gasteiger partial charge < -0.3 is 14.1 Å². The molecule has 0 saturated heterocycles. The number of halogens is 1. The van der Waals surface area contributed by atoms with Gasteiger partial charge in [-0.15, -0.1) is 0 Å². The summed E-state index contributed by atoms with van der Waals surface area (Å²) in [4.78, 5) is 33.9. The summed E-state index contributed by atoms with van der Waals surface area (Å²) < 4.78 is 13.4. The number of esters is 1. The van der Waals surface area contributed by atoms with Gasteiger partial charge in [0, 0.05) is 36.4 Å². The van der Waals surface area contributed by atoms with Crippen molar-refractivity contribution in [2.75, 3.05) is 25.6 Å². The molecule has 1 aliphatic rings. The molecule has 7 nitrogen and oxygen atoms in total. The lowest BCUT2D eigenvalue weighted by Crippen LogP contribution is -2.39. The van der Waals surface area contributed by atoms with Crippen molar-refractivity contribution in [3.05, 3.63) is 108 Å². The Bertz CT molecular complexity index is 1710. The van der Waals surface area contributed by atoms with Crippen molar-refractivity contribution in [3.63, 3.8) is 0 Å². The fourth-order valence-corrected chi connectivity index (χ4v) is 5.54. The minimum atomic E-state index is -0.662. The SMILES string of the molecule is CCOC(=O)C1=C(C)N=c2s/c(=C\c3ccc(-c4ccc(Cl)cc4)o3)c(=O)n2[C@@H]1c1ccc(N(C)C)cc1. The molecular formula is C29H26ClN3O4S. The number of ether oxygens (including phenoxy) is 1. The highest BCUT2D eigenvalue weighted by Gasteiger charge is 2.33. The number of carbonyl (C=O) groups is 1. The molecule has 0 unspecified atom stereocenters. The molecule has 0 N–H and O–H groups in total. The van der Waals surface area contributed by atoms with Gasteiger partial charge in [0.25, 0.3) is 5.56 Å². The Hall–Kier alpha value is -3.88. The van der Waals surface area contributed by atoms with E-state index in [1.165, 1.54) is 11.3 Å². The average molecular weight is 548 g/mol. The zero-order valence-electron chi connectivity index (χ0n) is 21.4. The molecule has 3 heterocycles. The topological polar surface area (TPSA) is 77.0 Å². The lowest BCUT2D eigenvalue weighted by atomic mass is 9.95. The molecule has 1 atom stereocenters. The standard InChI is InChI=1S/C29H26ClN3O4S/c1-5-36-28(35)25-17(2)31-29-33(26(25)19-8-12-21(13-9-19)32(3)4)27(34)24(38-29)16-22-14-15-23(37-22)18-6-10-20(30)11-7-18/h6-16,26H,5H2,1-4H3/b24-16-/t26-/m1/s1. The van der Waals surface area contributed by atoms with E-state index in [0.29, 0.717) is 37.1 Å². The molecule has 0 bridgehead atoms. The zero-order valence-corrected chi connectivity index (χ0v) is 23.0. The highest BCUT2D eigenvalue weighted by atomic mass is 35.5. The van der Waals surface area contributed by atoms with Crippen LogP contribution in [0.5, 0.6) is 0 Å². The van der Waals surface area contributed by atoms with E-state index >= 15 is 0 Å². The Balaban J connectivity index is 1.62. The van der Waals surface area contributed by atoms with Crippen molar-refractivity contribution >= 4 is 40.7 Å². The molecule has 38 heavy (non-hydrogen) atoms. The van der Waals surface area contributed by atoms with Gasteiger partial charge in [0.2, 0.25) is 0 Å². The van der Waals surface area contributed by atoms with Crippen LogP contribution in [-0.2, 0) is 9.53 Å². The van der Waals surface area contributed by atoms with Gasteiger partial charge in [-0.2, -0.15) is 0 Å². The van der Waals surface area contributed by atoms with E-state index in [9.17, 15) is 9.59 Å². The van der Waals surface area contributed by atoms with Gasteiger partial charge in [-0.1, -0.05) is 35.1 Å². The summed E-state index contributed by atoms with van der Waals surface area (Å²) in [5.74, 6) is 0.719. The molecular weight excluding hydrogens is 522 g/mol. The lowest BCUT2D eigenvalue weighted by Gasteiger charge is -2.25. The molecule has 0 radical (unpaired) electrons. The average Bonchev–Trinajstić information content (AvgIpc) is 3.48. The van der Waals surface area contributed by atoms with Crippen LogP contribution in [0.15, 0.2) is 86.1 Å². The Labute approximate surface area is 228 Å². The van der Waals surface area contributed by atoms with E-state index < -0.39 is 12.0 Å². The minimum Gasteiger partial charge on any atom is -0.463 e. The monoisotopic (exact) mass is 547 g/mol. The maximum absolute atomic E-state index is 13.8. The van der Waals surface area contributed by atoms with E-state index in [4.69, 9.17) is 20.8 Å². The van der Waals surface area contributed by atoms with E-state index in [0.717, 1.165) is 16.8 Å². The second kappa shape index (κ2) is 10.5. The second-order valence-corrected chi connectivity index (χ2v) is 10.4. The third kappa shape index (κ3) is 4.85. The number of anilines is 1. The van der Waals surface area contributed by atoms with Crippen molar-refractivity contribution in [3.8, 4) is 11.3 Å². The molecule has 0 aliphatic carbocycles. The van der Waals surface area contributed by atoms with E-state index in [1.807, 2.05) is 67.5 Å². The number of carbonyl (C=O) groups excluding carboxylic acids is 1. The highest BCUT2D eigenvalue weighted by molar-refractivity contribution is 7.07. The van der Waals surface area contributed by atoms with Gasteiger partial charge in [0.15, 0.2) is 4.80 Å². The van der Waals surface area contributed by atoms with Crippen LogP contribution in [-0.4, -0.2) is 31.2 Å². The number of hydrogen-bond acceptors (Lipinski definition) is 7. The third-order valence-corrected chi connectivity index (χ3v) is 7.51. The van der Waals surface area contributed by atoms with Crippen LogP contribution in [0.25, 0.3) is 17.4 Å². The van der Waals surface area contributed by atoms with Crippen molar-refractivity contribution in [1.82, 2.24) is 4.57 Å². The predicted octanol–water partition coefficient (Wildman–Crippen LogP) is 4.78. The molecule has 5 rings (SSSR count). The summed E-state index contributed by atoms with van der Waals surface area (Å²) in [5, 5.41) is 0.644. The molecule has 2 aromatic carbocycles. The van der Waals surface area contributed by atoms with Crippen molar-refractivity contribution < 1.29 is 13.9 Å². The molecule has 0 spiro atoms. The molecule has 0 amide bonds. The molecule has 1 aliphatic heterocycles. The van der Waals surface area contributed by atoms with Crippen LogP contribution in [0.2, 0.25) is 5.02 Å². The summed E-state index contributed by atoms with van der Waals surface area (Å²) in [6, 6.07) is 18.1. The van der Waals surface area contributed by atoms with Gasteiger partial charge in [-0.25, -0.2) is 9.79 Å². The predicted molar refractivity (Wildman–Crippen MR) is 150 cm³/mol. The number of rotatable bonds is 6. The van der Waals surface area contributed by atoms with Crippen LogP contribution >= 0.6 is 22.9 Å². The first kappa shape index (κ1) is 25.8. The van der Waals surface area contributed by atoms with Gasteiger partial charge in [0.1, 0.15) is 11.5 Å². The summed E-state index contributed by atoms with van der Waals surface area (Å²) >= 11 is 7.26. The number of allylic oxidation sites excluding steroid dienone is 1. The van der Waals surface area contributed by atoms with Gasteiger partial charge in [-0.05, 0) is 67.9 Å². The maximum atomic E-state index is 13.8. The number of aromatic nitrogens is 1. The first-order valence-corrected chi connectivity index (χ1v) is 13.3. The molecule has 4 aromatic rings. The van der Waals surface area contributed by atoms with Crippen molar-refractivity contribution in [2.45, 2.75) is 19.9 Å². The van der Waals surface area contributed by atoms with E-state index in [1.54, 1.807) is 36.6 Å². The molecule has 2 aromatic heterocycles. The maximum Gasteiger partial charge on any atom is 0.338 e. The third-order valence-electron chi connectivity index (χ3n) is 6.27. The summed E-state index contributed by atoms with van der Waals surface area (Å²) in [6.07, 6.45) is 1.71. The summed E-state index contributed by atoms with van der Waals surface area (Å²) in [7, 11) is 3.92. The van der Waals surface area contributed by atoms with Gasteiger partial charge in [0.05, 0.1) is 28.5 Å². The zero-order chi connectivity index (χ0) is 27.0. The van der Waals surface area contributed by atoms with Crippen LogP contribution < -0.4 is 19.8 Å². The number of furan rings is 1. The Morgan fingerprint density at radius 1 is 1.13 bits per heavy atom. The van der Waals surface area contributed by atoms with E-state index in [-0.39, 0.29) is 12.2 Å². The van der Waals surface area contributed by atoms with Crippen LogP contribution in [0, 0.1) is 0 Å². The Morgan fingerprint density at radius 2 is 1.84 bits per heavy atom. The second-order valence-electron chi connectivity index (χ2n) is 9.00. The first-order valence-electron chi connectivity index (χ1n) is 12.1. The smallest absolute Gasteiger partial charge is 0.338 e. The number of nitrogens with zero attached hydrogens (tertiary/aromatic N) is 3. The summed E-state index contributed by atoms with van der Waals surface area (Å²) in [6.45, 7) is 3.75. The Morgan fingerprint density at radius 3 is 2.50 bits per heavy atom.